The summed E-state index contributed by atoms with van der Waals surface area (Å²) in [4.78, 5) is 12.7. The summed E-state index contributed by atoms with van der Waals surface area (Å²) in [5.41, 5.74) is 0.966. The first kappa shape index (κ1) is 11.4. The Balaban J connectivity index is 1.90. The molecule has 90 valence electrons. The number of thiophene rings is 1. The number of aromatic nitrogens is 2. The van der Waals surface area contributed by atoms with E-state index in [1.54, 1.807) is 23.0 Å². The summed E-state index contributed by atoms with van der Waals surface area (Å²) >= 11 is 7.12. The van der Waals surface area contributed by atoms with Crippen molar-refractivity contribution in [3.05, 3.63) is 51.8 Å². The van der Waals surface area contributed by atoms with Gasteiger partial charge in [0.25, 0.3) is 0 Å². The second-order valence-corrected chi connectivity index (χ2v) is 5.60. The number of benzene rings is 1. The largest absolute Gasteiger partial charge is 0.291 e. The molecule has 0 aliphatic heterocycles. The maximum absolute atomic E-state index is 12.1. The average molecular weight is 277 g/mol. The van der Waals surface area contributed by atoms with Gasteiger partial charge in [0.1, 0.15) is 6.54 Å². The van der Waals surface area contributed by atoms with Crippen molar-refractivity contribution >= 4 is 39.6 Å². The quantitative estimate of drug-likeness (QED) is 0.685. The molecule has 0 aliphatic carbocycles. The molecule has 0 aliphatic rings. The maximum atomic E-state index is 12.1. The van der Waals surface area contributed by atoms with Crippen LogP contribution in [0.4, 0.5) is 0 Å². The van der Waals surface area contributed by atoms with Crippen LogP contribution in [0, 0.1) is 0 Å². The number of carbonyl (C=O) groups is 1. The molecule has 0 saturated heterocycles. The second kappa shape index (κ2) is 4.55. The molecule has 0 unspecified atom stereocenters. The van der Waals surface area contributed by atoms with Crippen molar-refractivity contribution in [2.75, 3.05) is 0 Å². The molecule has 5 heteroatoms. The topological polar surface area (TPSA) is 34.9 Å². The van der Waals surface area contributed by atoms with Crippen molar-refractivity contribution in [1.82, 2.24) is 9.78 Å². The van der Waals surface area contributed by atoms with Crippen molar-refractivity contribution in [2.24, 2.45) is 0 Å². The molecule has 0 N–H and O–H groups in total. The number of carbonyl (C=O) groups excluding carboxylic acids is 1. The third-order valence-electron chi connectivity index (χ3n) is 2.69. The van der Waals surface area contributed by atoms with Crippen molar-refractivity contribution in [3.8, 4) is 0 Å². The number of fused-ring (bicyclic) bond motifs is 1. The highest BCUT2D eigenvalue weighted by Gasteiger charge is 2.11. The summed E-state index contributed by atoms with van der Waals surface area (Å²) in [7, 11) is 0. The van der Waals surface area contributed by atoms with E-state index < -0.39 is 0 Å². The number of hydrogen-bond acceptors (Lipinski definition) is 3. The molecular formula is C13H9ClN2OS. The highest BCUT2D eigenvalue weighted by atomic mass is 35.5. The lowest BCUT2D eigenvalue weighted by molar-refractivity contribution is 0.0973. The Hall–Kier alpha value is -1.65. The summed E-state index contributed by atoms with van der Waals surface area (Å²) in [5.74, 6) is 0.0285. The van der Waals surface area contributed by atoms with Gasteiger partial charge in [0.2, 0.25) is 0 Å². The van der Waals surface area contributed by atoms with Gasteiger partial charge in [0, 0.05) is 5.39 Å². The SMILES string of the molecule is O=C(Cn1ncc2ccccc21)c1ccc(Cl)s1. The molecule has 0 saturated carbocycles. The van der Waals surface area contributed by atoms with Gasteiger partial charge in [0.05, 0.1) is 20.9 Å². The van der Waals surface area contributed by atoms with E-state index in [4.69, 9.17) is 11.6 Å². The van der Waals surface area contributed by atoms with Crippen LogP contribution in [-0.2, 0) is 6.54 Å². The smallest absolute Gasteiger partial charge is 0.194 e. The van der Waals surface area contributed by atoms with Crippen LogP contribution in [0.25, 0.3) is 10.9 Å². The van der Waals surface area contributed by atoms with Gasteiger partial charge in [-0.15, -0.1) is 11.3 Å². The molecule has 0 spiro atoms. The molecule has 2 heterocycles. The van der Waals surface area contributed by atoms with Crippen molar-refractivity contribution in [3.63, 3.8) is 0 Å². The third kappa shape index (κ3) is 2.05. The molecule has 3 rings (SSSR count). The predicted octanol–water partition coefficient (Wildman–Crippen LogP) is 3.63. The van der Waals surface area contributed by atoms with Crippen LogP contribution in [0.15, 0.2) is 42.6 Å². The Morgan fingerprint density at radius 3 is 2.89 bits per heavy atom. The molecule has 0 amide bonds. The van der Waals surface area contributed by atoms with Gasteiger partial charge >= 0.3 is 0 Å². The van der Waals surface area contributed by atoms with Crippen LogP contribution in [0.1, 0.15) is 9.67 Å². The first-order valence-corrected chi connectivity index (χ1v) is 6.62. The second-order valence-electron chi connectivity index (χ2n) is 3.89. The van der Waals surface area contributed by atoms with E-state index in [2.05, 4.69) is 5.10 Å². The monoisotopic (exact) mass is 276 g/mol. The first-order chi connectivity index (χ1) is 8.74. The van der Waals surface area contributed by atoms with E-state index in [0.29, 0.717) is 9.21 Å². The lowest BCUT2D eigenvalue weighted by Gasteiger charge is -2.01. The normalized spacial score (nSPS) is 10.9. The predicted molar refractivity (Wildman–Crippen MR) is 73.4 cm³/mol. The van der Waals surface area contributed by atoms with Crippen LogP contribution in [0.5, 0.6) is 0 Å². The highest BCUT2D eigenvalue weighted by Crippen LogP contribution is 2.22. The van der Waals surface area contributed by atoms with Gasteiger partial charge in [0.15, 0.2) is 5.78 Å². The fourth-order valence-electron chi connectivity index (χ4n) is 1.83. The minimum atomic E-state index is 0.0285. The zero-order chi connectivity index (χ0) is 12.5. The molecule has 3 aromatic rings. The number of para-hydroxylation sites is 1. The van der Waals surface area contributed by atoms with E-state index in [9.17, 15) is 4.79 Å². The molecule has 18 heavy (non-hydrogen) atoms. The fourth-order valence-corrected chi connectivity index (χ4v) is 2.80. The molecule has 0 atom stereocenters. The first-order valence-electron chi connectivity index (χ1n) is 5.43. The number of rotatable bonds is 3. The average Bonchev–Trinajstić information content (AvgIpc) is 2.97. The van der Waals surface area contributed by atoms with Gasteiger partial charge in [-0.05, 0) is 18.2 Å². The molecule has 0 radical (unpaired) electrons. The zero-order valence-electron chi connectivity index (χ0n) is 9.34. The molecule has 0 fully saturated rings. The Kier molecular flexibility index (Phi) is 2.89. The van der Waals surface area contributed by atoms with Crippen LogP contribution >= 0.6 is 22.9 Å². The Morgan fingerprint density at radius 2 is 2.11 bits per heavy atom. The standard InChI is InChI=1S/C13H9ClN2OS/c14-13-6-5-12(18-13)11(17)8-16-10-4-2-1-3-9(10)7-15-16/h1-7H,8H2. The lowest BCUT2D eigenvalue weighted by atomic mass is 10.2. The Bertz CT molecular complexity index is 716. The number of Topliss-reactive ketones (excluding diaryl/α,β-unsaturated/α-hetero) is 1. The summed E-state index contributed by atoms with van der Waals surface area (Å²) in [6.45, 7) is 0.240. The Labute approximate surface area is 113 Å². The van der Waals surface area contributed by atoms with Crippen LogP contribution < -0.4 is 0 Å². The van der Waals surface area contributed by atoms with Crippen molar-refractivity contribution < 1.29 is 4.79 Å². The summed E-state index contributed by atoms with van der Waals surface area (Å²) < 4.78 is 2.34. The highest BCUT2D eigenvalue weighted by molar-refractivity contribution is 7.18. The van der Waals surface area contributed by atoms with Gasteiger partial charge in [-0.1, -0.05) is 29.8 Å². The zero-order valence-corrected chi connectivity index (χ0v) is 10.9. The summed E-state index contributed by atoms with van der Waals surface area (Å²) in [6.07, 6.45) is 1.77. The van der Waals surface area contributed by atoms with Gasteiger partial charge in [-0.25, -0.2) is 0 Å². The fraction of sp³-hybridized carbons (Fsp3) is 0.0769. The number of hydrogen-bond donors (Lipinski definition) is 0. The number of ketones is 1. The van der Waals surface area contributed by atoms with E-state index >= 15 is 0 Å². The van der Waals surface area contributed by atoms with Gasteiger partial charge in [-0.3, -0.25) is 9.48 Å². The molecule has 0 bridgehead atoms. The van der Waals surface area contributed by atoms with E-state index in [0.717, 1.165) is 10.9 Å². The van der Waals surface area contributed by atoms with Crippen LogP contribution in [-0.4, -0.2) is 15.6 Å². The van der Waals surface area contributed by atoms with Gasteiger partial charge < -0.3 is 0 Å². The van der Waals surface area contributed by atoms with Gasteiger partial charge in [-0.2, -0.15) is 5.10 Å². The van der Waals surface area contributed by atoms with Crippen LogP contribution in [0.3, 0.4) is 0 Å². The summed E-state index contributed by atoms with van der Waals surface area (Å²) in [6, 6.07) is 11.3. The molecule has 3 nitrogen and oxygen atoms in total. The summed E-state index contributed by atoms with van der Waals surface area (Å²) in [5, 5.41) is 5.27. The molecule has 1 aromatic carbocycles. The lowest BCUT2D eigenvalue weighted by Crippen LogP contribution is -2.10. The maximum Gasteiger partial charge on any atom is 0.194 e. The minimum absolute atomic E-state index is 0.0285. The minimum Gasteiger partial charge on any atom is -0.291 e. The van der Waals surface area contributed by atoms with E-state index in [1.807, 2.05) is 24.3 Å². The number of halogens is 1. The molecule has 2 aromatic heterocycles. The van der Waals surface area contributed by atoms with E-state index in [1.165, 1.54) is 11.3 Å². The number of nitrogens with zero attached hydrogens (tertiary/aromatic N) is 2. The van der Waals surface area contributed by atoms with Crippen molar-refractivity contribution in [2.45, 2.75) is 6.54 Å². The molecular weight excluding hydrogens is 268 g/mol. The third-order valence-corrected chi connectivity index (χ3v) is 3.96. The van der Waals surface area contributed by atoms with Crippen LogP contribution in [0.2, 0.25) is 4.34 Å². The Morgan fingerprint density at radius 1 is 1.28 bits per heavy atom. The van der Waals surface area contributed by atoms with E-state index in [-0.39, 0.29) is 12.3 Å². The van der Waals surface area contributed by atoms with Crippen molar-refractivity contribution in [1.29, 1.82) is 0 Å².